The van der Waals surface area contributed by atoms with Crippen molar-refractivity contribution >= 4 is 17.7 Å². The SMILES string of the molecule is CC(=O)NCC=Cc1c[nH]c(=O)c([N+](=O)[O-])c1. The Morgan fingerprint density at radius 3 is 2.94 bits per heavy atom. The zero-order valence-corrected chi connectivity index (χ0v) is 9.10. The second-order valence-corrected chi connectivity index (χ2v) is 3.24. The third kappa shape index (κ3) is 3.90. The zero-order chi connectivity index (χ0) is 12.8. The molecule has 17 heavy (non-hydrogen) atoms. The summed E-state index contributed by atoms with van der Waals surface area (Å²) in [5, 5.41) is 13.0. The summed E-state index contributed by atoms with van der Waals surface area (Å²) < 4.78 is 0. The second kappa shape index (κ2) is 5.59. The van der Waals surface area contributed by atoms with Crippen LogP contribution in [0.25, 0.3) is 6.08 Å². The summed E-state index contributed by atoms with van der Waals surface area (Å²) in [6.45, 7) is 1.71. The highest BCUT2D eigenvalue weighted by Crippen LogP contribution is 2.07. The lowest BCUT2D eigenvalue weighted by Gasteiger charge is -1.96. The van der Waals surface area contributed by atoms with Crippen LogP contribution in [0.5, 0.6) is 0 Å². The molecule has 1 rings (SSSR count). The predicted octanol–water partition coefficient (Wildman–Crippen LogP) is 0.432. The Morgan fingerprint density at radius 2 is 2.35 bits per heavy atom. The van der Waals surface area contributed by atoms with E-state index in [9.17, 15) is 19.7 Å². The molecule has 1 amide bonds. The molecule has 0 fully saturated rings. The van der Waals surface area contributed by atoms with Gasteiger partial charge >= 0.3 is 11.2 Å². The quantitative estimate of drug-likeness (QED) is 0.585. The van der Waals surface area contributed by atoms with Crippen LogP contribution in [-0.4, -0.2) is 22.4 Å². The number of aromatic nitrogens is 1. The second-order valence-electron chi connectivity index (χ2n) is 3.24. The van der Waals surface area contributed by atoms with Crippen molar-refractivity contribution in [3.05, 3.63) is 44.4 Å². The fourth-order valence-electron chi connectivity index (χ4n) is 1.12. The average Bonchev–Trinajstić information content (AvgIpc) is 2.25. The number of carbonyl (C=O) groups excluding carboxylic acids is 1. The number of H-pyrrole nitrogens is 1. The summed E-state index contributed by atoms with van der Waals surface area (Å²) in [6.07, 6.45) is 4.55. The van der Waals surface area contributed by atoms with Gasteiger partial charge in [-0.3, -0.25) is 19.7 Å². The van der Waals surface area contributed by atoms with Gasteiger partial charge in [-0.1, -0.05) is 12.2 Å². The first-order chi connectivity index (χ1) is 8.00. The maximum atomic E-state index is 11.1. The lowest BCUT2D eigenvalue weighted by molar-refractivity contribution is -0.386. The molecule has 0 atom stereocenters. The number of carbonyl (C=O) groups is 1. The van der Waals surface area contributed by atoms with Gasteiger partial charge < -0.3 is 10.3 Å². The van der Waals surface area contributed by atoms with Gasteiger partial charge in [0.05, 0.1) is 4.92 Å². The smallest absolute Gasteiger partial charge is 0.334 e. The Kier molecular flexibility index (Phi) is 4.15. The molecule has 1 aromatic heterocycles. The van der Waals surface area contributed by atoms with E-state index in [0.29, 0.717) is 12.1 Å². The molecule has 0 aliphatic rings. The van der Waals surface area contributed by atoms with Gasteiger partial charge in [0, 0.05) is 25.7 Å². The van der Waals surface area contributed by atoms with E-state index in [1.807, 2.05) is 0 Å². The summed E-state index contributed by atoms with van der Waals surface area (Å²) in [5.74, 6) is -0.165. The van der Waals surface area contributed by atoms with E-state index in [0.717, 1.165) is 0 Å². The number of hydrogen-bond donors (Lipinski definition) is 2. The van der Waals surface area contributed by atoms with E-state index >= 15 is 0 Å². The van der Waals surface area contributed by atoms with Gasteiger partial charge in [0.25, 0.3) is 0 Å². The molecule has 0 aliphatic carbocycles. The maximum Gasteiger partial charge on any atom is 0.334 e. The number of nitrogens with one attached hydrogen (secondary N) is 2. The minimum atomic E-state index is -0.746. The van der Waals surface area contributed by atoms with Crippen LogP contribution >= 0.6 is 0 Å². The lowest BCUT2D eigenvalue weighted by atomic mass is 10.2. The third-order valence-corrected chi connectivity index (χ3v) is 1.88. The molecule has 90 valence electrons. The van der Waals surface area contributed by atoms with Gasteiger partial charge in [0.1, 0.15) is 0 Å². The minimum Gasteiger partial charge on any atom is -0.353 e. The highest BCUT2D eigenvalue weighted by Gasteiger charge is 2.11. The molecule has 0 aliphatic heterocycles. The molecular weight excluding hydrogens is 226 g/mol. The summed E-state index contributed by atoms with van der Waals surface area (Å²) >= 11 is 0. The minimum absolute atomic E-state index is 0.165. The summed E-state index contributed by atoms with van der Waals surface area (Å²) in [5.41, 5.74) is -0.762. The van der Waals surface area contributed by atoms with Crippen LogP contribution in [0.1, 0.15) is 12.5 Å². The average molecular weight is 237 g/mol. The van der Waals surface area contributed by atoms with Gasteiger partial charge in [-0.2, -0.15) is 0 Å². The number of amides is 1. The Balaban J connectivity index is 2.79. The molecule has 0 aromatic carbocycles. The molecule has 0 spiro atoms. The molecule has 0 bridgehead atoms. The van der Waals surface area contributed by atoms with Gasteiger partial charge in [0.15, 0.2) is 0 Å². The van der Waals surface area contributed by atoms with Crippen molar-refractivity contribution in [2.24, 2.45) is 0 Å². The number of nitro groups is 1. The van der Waals surface area contributed by atoms with Crippen LogP contribution in [0.2, 0.25) is 0 Å². The molecule has 7 heteroatoms. The third-order valence-electron chi connectivity index (χ3n) is 1.88. The monoisotopic (exact) mass is 237 g/mol. The van der Waals surface area contributed by atoms with Crippen molar-refractivity contribution in [1.82, 2.24) is 10.3 Å². The van der Waals surface area contributed by atoms with Crippen molar-refractivity contribution in [1.29, 1.82) is 0 Å². The first-order valence-electron chi connectivity index (χ1n) is 4.79. The van der Waals surface area contributed by atoms with Gasteiger partial charge in [-0.25, -0.2) is 0 Å². The lowest BCUT2D eigenvalue weighted by Crippen LogP contribution is -2.19. The van der Waals surface area contributed by atoms with Gasteiger partial charge in [-0.15, -0.1) is 0 Å². The Morgan fingerprint density at radius 1 is 1.65 bits per heavy atom. The zero-order valence-electron chi connectivity index (χ0n) is 9.10. The summed E-state index contributed by atoms with van der Waals surface area (Å²) in [4.78, 5) is 33.6. The van der Waals surface area contributed by atoms with Crippen molar-refractivity contribution in [3.8, 4) is 0 Å². The first kappa shape index (κ1) is 12.6. The largest absolute Gasteiger partial charge is 0.353 e. The molecule has 0 saturated carbocycles. The number of aromatic amines is 1. The van der Waals surface area contributed by atoms with Crippen molar-refractivity contribution in [2.45, 2.75) is 6.92 Å². The van der Waals surface area contributed by atoms with Gasteiger partial charge in [-0.05, 0) is 5.56 Å². The van der Waals surface area contributed by atoms with E-state index in [-0.39, 0.29) is 5.91 Å². The Labute approximate surface area is 96.3 Å². The molecule has 0 unspecified atom stereocenters. The highest BCUT2D eigenvalue weighted by atomic mass is 16.6. The van der Waals surface area contributed by atoms with Crippen LogP contribution < -0.4 is 10.9 Å². The number of nitrogens with zero attached hydrogens (tertiary/aromatic N) is 1. The Hall–Kier alpha value is -2.44. The first-order valence-corrected chi connectivity index (χ1v) is 4.79. The Bertz CT molecular complexity index is 519. The van der Waals surface area contributed by atoms with Crippen LogP contribution in [0.4, 0.5) is 5.69 Å². The highest BCUT2D eigenvalue weighted by molar-refractivity contribution is 5.73. The molecule has 0 radical (unpaired) electrons. The van der Waals surface area contributed by atoms with Crippen LogP contribution in [0.3, 0.4) is 0 Å². The molecule has 1 aromatic rings. The summed E-state index contributed by atoms with van der Waals surface area (Å²) in [6, 6.07) is 1.17. The number of hydrogen-bond acceptors (Lipinski definition) is 4. The van der Waals surface area contributed by atoms with Crippen LogP contribution in [0, 0.1) is 10.1 Å². The number of pyridine rings is 1. The van der Waals surface area contributed by atoms with E-state index < -0.39 is 16.2 Å². The molecule has 1 heterocycles. The number of rotatable bonds is 4. The van der Waals surface area contributed by atoms with E-state index in [1.54, 1.807) is 12.2 Å². The topological polar surface area (TPSA) is 105 Å². The standard InChI is InChI=1S/C10H11N3O4/c1-7(14)11-4-2-3-8-5-9(13(16)17)10(15)12-6-8/h2-3,5-6H,4H2,1H3,(H,11,14)(H,12,15). The molecule has 0 saturated heterocycles. The fourth-order valence-corrected chi connectivity index (χ4v) is 1.12. The normalized spacial score (nSPS) is 10.4. The molecule has 7 nitrogen and oxygen atoms in total. The van der Waals surface area contributed by atoms with E-state index in [2.05, 4.69) is 10.3 Å². The molecular formula is C10H11N3O4. The van der Waals surface area contributed by atoms with E-state index in [4.69, 9.17) is 0 Å². The summed E-state index contributed by atoms with van der Waals surface area (Å²) in [7, 11) is 0. The maximum absolute atomic E-state index is 11.1. The van der Waals surface area contributed by atoms with Crippen molar-refractivity contribution < 1.29 is 9.72 Å². The predicted molar refractivity (Wildman–Crippen MR) is 61.4 cm³/mol. The fraction of sp³-hybridized carbons (Fsp3) is 0.200. The van der Waals surface area contributed by atoms with E-state index in [1.165, 1.54) is 19.2 Å². The van der Waals surface area contributed by atoms with Crippen molar-refractivity contribution in [2.75, 3.05) is 6.54 Å². The van der Waals surface area contributed by atoms with Crippen molar-refractivity contribution in [3.63, 3.8) is 0 Å². The van der Waals surface area contributed by atoms with Crippen LogP contribution in [-0.2, 0) is 4.79 Å². The van der Waals surface area contributed by atoms with Crippen LogP contribution in [0.15, 0.2) is 23.1 Å². The molecule has 2 N–H and O–H groups in total. The van der Waals surface area contributed by atoms with Gasteiger partial charge in [0.2, 0.25) is 5.91 Å².